The van der Waals surface area contributed by atoms with E-state index in [-0.39, 0.29) is 17.4 Å². The quantitative estimate of drug-likeness (QED) is 0.409. The minimum atomic E-state index is -4.99. The second kappa shape index (κ2) is 8.68. The first-order valence-electron chi connectivity index (χ1n) is 8.18. The Kier molecular flexibility index (Phi) is 6.49. The van der Waals surface area contributed by atoms with Crippen LogP contribution in [-0.4, -0.2) is 35.1 Å². The molecule has 12 heteroatoms. The van der Waals surface area contributed by atoms with E-state index in [1.54, 1.807) is 0 Å². The fraction of sp³-hybridized carbons (Fsp3) is 0.222. The summed E-state index contributed by atoms with van der Waals surface area (Å²) < 4.78 is 49.4. The average molecular weight is 428 g/mol. The number of ether oxygens (including phenoxy) is 2. The van der Waals surface area contributed by atoms with Gasteiger partial charge in [-0.15, -0.1) is 0 Å². The number of rotatable bonds is 6. The molecule has 2 aromatic carbocycles. The Morgan fingerprint density at radius 1 is 1.20 bits per heavy atom. The zero-order valence-electron chi connectivity index (χ0n) is 15.5. The molecular weight excluding hydrogens is 413 g/mol. The van der Waals surface area contributed by atoms with E-state index in [1.165, 1.54) is 13.2 Å². The molecule has 2 rings (SSSR count). The van der Waals surface area contributed by atoms with Crippen molar-refractivity contribution in [3.63, 3.8) is 0 Å². The van der Waals surface area contributed by atoms with Gasteiger partial charge in [0, 0.05) is 12.1 Å². The van der Waals surface area contributed by atoms with Gasteiger partial charge in [-0.05, 0) is 31.2 Å². The standard InChI is InChI=1S/C18H15F3N2O7/c1-9(30-17(26)12-8-11(29-2)4-6-15(12)24)16(25)22-14-5-3-10(23(27)28)7-13(14)18(19,20)21/h3-9,24H,1-2H3,(H,22,25). The maximum atomic E-state index is 13.2. The van der Waals surface area contributed by atoms with Gasteiger partial charge in [-0.3, -0.25) is 14.9 Å². The number of esters is 1. The van der Waals surface area contributed by atoms with Crippen molar-refractivity contribution in [3.8, 4) is 11.5 Å². The van der Waals surface area contributed by atoms with Crippen LogP contribution in [0.15, 0.2) is 36.4 Å². The normalized spacial score (nSPS) is 12.0. The van der Waals surface area contributed by atoms with Crippen molar-refractivity contribution < 1.29 is 42.3 Å². The number of aromatic hydroxyl groups is 1. The van der Waals surface area contributed by atoms with Crippen LogP contribution in [0.2, 0.25) is 0 Å². The van der Waals surface area contributed by atoms with Gasteiger partial charge < -0.3 is 19.9 Å². The number of nitro groups is 1. The van der Waals surface area contributed by atoms with Crippen LogP contribution in [0.25, 0.3) is 0 Å². The highest BCUT2D eigenvalue weighted by Gasteiger charge is 2.36. The van der Waals surface area contributed by atoms with Gasteiger partial charge in [-0.2, -0.15) is 13.2 Å². The van der Waals surface area contributed by atoms with Crippen LogP contribution >= 0.6 is 0 Å². The minimum absolute atomic E-state index is 0.220. The Labute approximate surface area is 167 Å². The molecule has 0 aromatic heterocycles. The van der Waals surface area contributed by atoms with E-state index in [4.69, 9.17) is 9.47 Å². The second-order valence-electron chi connectivity index (χ2n) is 5.90. The molecule has 1 unspecified atom stereocenters. The summed E-state index contributed by atoms with van der Waals surface area (Å²) in [4.78, 5) is 34.1. The molecule has 0 heterocycles. The molecule has 0 saturated heterocycles. The molecule has 1 atom stereocenters. The molecule has 0 radical (unpaired) electrons. The van der Waals surface area contributed by atoms with Crippen LogP contribution in [0, 0.1) is 10.1 Å². The zero-order chi connectivity index (χ0) is 22.6. The van der Waals surface area contributed by atoms with Crippen molar-refractivity contribution >= 4 is 23.3 Å². The number of hydrogen-bond donors (Lipinski definition) is 2. The van der Waals surface area contributed by atoms with Gasteiger partial charge in [-0.1, -0.05) is 0 Å². The van der Waals surface area contributed by atoms with Crippen LogP contribution in [0.1, 0.15) is 22.8 Å². The van der Waals surface area contributed by atoms with Crippen molar-refractivity contribution in [2.45, 2.75) is 19.2 Å². The van der Waals surface area contributed by atoms with E-state index in [1.807, 2.05) is 5.32 Å². The number of methoxy groups -OCH3 is 1. The maximum absolute atomic E-state index is 13.2. The fourth-order valence-electron chi connectivity index (χ4n) is 2.31. The van der Waals surface area contributed by atoms with Gasteiger partial charge >= 0.3 is 12.1 Å². The van der Waals surface area contributed by atoms with Gasteiger partial charge in [0.15, 0.2) is 6.10 Å². The van der Waals surface area contributed by atoms with E-state index in [2.05, 4.69) is 0 Å². The number of phenolic OH excluding ortho intramolecular Hbond substituents is 1. The highest BCUT2D eigenvalue weighted by atomic mass is 19.4. The molecule has 0 saturated carbocycles. The van der Waals surface area contributed by atoms with Gasteiger partial charge in [0.25, 0.3) is 11.6 Å². The molecule has 0 spiro atoms. The van der Waals surface area contributed by atoms with Crippen LogP contribution in [0.3, 0.4) is 0 Å². The third-order valence-corrected chi connectivity index (χ3v) is 3.85. The van der Waals surface area contributed by atoms with Crippen LogP contribution in [-0.2, 0) is 15.7 Å². The fourth-order valence-corrected chi connectivity index (χ4v) is 2.31. The van der Waals surface area contributed by atoms with Gasteiger partial charge in [0.1, 0.15) is 17.1 Å². The van der Waals surface area contributed by atoms with Crippen molar-refractivity contribution in [1.29, 1.82) is 0 Å². The summed E-state index contributed by atoms with van der Waals surface area (Å²) in [5.41, 5.74) is -3.31. The molecule has 2 N–H and O–H groups in total. The molecule has 1 amide bonds. The molecular formula is C18H15F3N2O7. The van der Waals surface area contributed by atoms with Crippen LogP contribution in [0.5, 0.6) is 11.5 Å². The lowest BCUT2D eigenvalue weighted by atomic mass is 10.1. The number of hydrogen-bond acceptors (Lipinski definition) is 7. The number of phenols is 1. The van der Waals surface area contributed by atoms with Crippen molar-refractivity contribution in [1.82, 2.24) is 0 Å². The molecule has 2 aromatic rings. The summed E-state index contributed by atoms with van der Waals surface area (Å²) in [6.07, 6.45) is -6.54. The Morgan fingerprint density at radius 3 is 2.43 bits per heavy atom. The summed E-state index contributed by atoms with van der Waals surface area (Å²) in [5, 5.41) is 22.4. The average Bonchev–Trinajstić information content (AvgIpc) is 2.67. The number of alkyl halides is 3. The van der Waals surface area contributed by atoms with Crippen molar-refractivity contribution in [3.05, 3.63) is 57.6 Å². The number of nitro benzene ring substituents is 1. The summed E-state index contributed by atoms with van der Waals surface area (Å²) in [5.74, 6) is -2.47. The Hall–Kier alpha value is -3.83. The number of nitrogens with one attached hydrogen (secondary N) is 1. The van der Waals surface area contributed by atoms with Crippen LogP contribution in [0.4, 0.5) is 24.5 Å². The monoisotopic (exact) mass is 428 g/mol. The number of non-ortho nitro benzene ring substituents is 1. The van der Waals surface area contributed by atoms with E-state index < -0.39 is 51.8 Å². The lowest BCUT2D eigenvalue weighted by Crippen LogP contribution is -2.30. The maximum Gasteiger partial charge on any atom is 0.418 e. The Bertz CT molecular complexity index is 992. The van der Waals surface area contributed by atoms with E-state index in [0.29, 0.717) is 0 Å². The largest absolute Gasteiger partial charge is 0.507 e. The second-order valence-corrected chi connectivity index (χ2v) is 5.90. The summed E-state index contributed by atoms with van der Waals surface area (Å²) >= 11 is 0. The summed E-state index contributed by atoms with van der Waals surface area (Å²) in [6.45, 7) is 1.10. The lowest BCUT2D eigenvalue weighted by molar-refractivity contribution is -0.385. The lowest BCUT2D eigenvalue weighted by Gasteiger charge is -2.17. The van der Waals surface area contributed by atoms with Crippen molar-refractivity contribution in [2.24, 2.45) is 0 Å². The highest BCUT2D eigenvalue weighted by molar-refractivity contribution is 5.99. The topological polar surface area (TPSA) is 128 Å². The molecule has 0 aliphatic rings. The third-order valence-electron chi connectivity index (χ3n) is 3.85. The van der Waals surface area contributed by atoms with Gasteiger partial charge in [0.05, 0.1) is 23.3 Å². The smallest absolute Gasteiger partial charge is 0.418 e. The molecule has 0 fully saturated rings. The predicted molar refractivity (Wildman–Crippen MR) is 96.3 cm³/mol. The molecule has 30 heavy (non-hydrogen) atoms. The first kappa shape index (κ1) is 22.5. The summed E-state index contributed by atoms with van der Waals surface area (Å²) in [7, 11) is 1.32. The number of benzene rings is 2. The number of halogens is 3. The molecule has 0 aliphatic heterocycles. The van der Waals surface area contributed by atoms with Gasteiger partial charge in [0.2, 0.25) is 0 Å². The molecule has 9 nitrogen and oxygen atoms in total. The van der Waals surface area contributed by atoms with Crippen molar-refractivity contribution in [2.75, 3.05) is 12.4 Å². The molecule has 160 valence electrons. The first-order chi connectivity index (χ1) is 13.9. The molecule has 0 aliphatic carbocycles. The third kappa shape index (κ3) is 5.16. The SMILES string of the molecule is COc1ccc(O)c(C(=O)OC(C)C(=O)Nc2ccc([N+](=O)[O-])cc2C(F)(F)F)c1. The number of amides is 1. The van der Waals surface area contributed by atoms with Gasteiger partial charge in [-0.25, -0.2) is 4.79 Å². The number of nitrogens with zero attached hydrogens (tertiary/aromatic N) is 1. The highest BCUT2D eigenvalue weighted by Crippen LogP contribution is 2.37. The zero-order valence-corrected chi connectivity index (χ0v) is 15.5. The van der Waals surface area contributed by atoms with Crippen LogP contribution < -0.4 is 10.1 Å². The van der Waals surface area contributed by atoms with E-state index >= 15 is 0 Å². The minimum Gasteiger partial charge on any atom is -0.507 e. The summed E-state index contributed by atoms with van der Waals surface area (Å²) in [6, 6.07) is 5.47. The van der Waals surface area contributed by atoms with E-state index in [0.717, 1.165) is 31.2 Å². The predicted octanol–water partition coefficient (Wildman–Crippen LogP) is 3.51. The number of anilines is 1. The Balaban J connectivity index is 2.20. The van der Waals surface area contributed by atoms with E-state index in [9.17, 15) is 38.0 Å². The first-order valence-corrected chi connectivity index (χ1v) is 8.18. The Morgan fingerprint density at radius 2 is 1.87 bits per heavy atom. The molecule has 0 bridgehead atoms. The number of carbonyl (C=O) groups is 2. The number of carbonyl (C=O) groups excluding carboxylic acids is 2.